The Hall–Kier alpha value is 0.230. The van der Waals surface area contributed by atoms with E-state index in [1.165, 1.54) is 0 Å². The number of aliphatic hydroxyl groups excluding tert-OH is 1. The van der Waals surface area contributed by atoms with Crippen LogP contribution in [0.25, 0.3) is 0 Å². The van der Waals surface area contributed by atoms with Crippen molar-refractivity contribution >= 4 is 16.9 Å². The third-order valence-electron chi connectivity index (χ3n) is 1.43. The molecular weight excluding hydrogens is 222 g/mol. The second kappa shape index (κ2) is 7.51. The minimum absolute atomic E-state index is 0. The third kappa shape index (κ3) is 10.3. The molecule has 0 heterocycles. The lowest BCUT2D eigenvalue weighted by Gasteiger charge is -2.25. The lowest BCUT2D eigenvalue weighted by Crippen LogP contribution is -3.00. The van der Waals surface area contributed by atoms with Crippen molar-refractivity contribution in [3.63, 3.8) is 0 Å². The van der Waals surface area contributed by atoms with Crippen LogP contribution in [0.4, 0.5) is 0 Å². The van der Waals surface area contributed by atoms with E-state index in [4.69, 9.17) is 0 Å². The highest BCUT2D eigenvalue weighted by atomic mass is 35.5. The van der Waals surface area contributed by atoms with Crippen molar-refractivity contribution in [2.75, 3.05) is 27.7 Å². The van der Waals surface area contributed by atoms with E-state index >= 15 is 0 Å². The molecule has 0 saturated carbocycles. The third-order valence-corrected chi connectivity index (χ3v) is 2.31. The Labute approximate surface area is 96.9 Å². The predicted octanol–water partition coefficient (Wildman–Crippen LogP) is -1.93. The summed E-state index contributed by atoms with van der Waals surface area (Å²) in [5.41, 5.74) is -0.570. The summed E-state index contributed by atoms with van der Waals surface area (Å²) in [7, 11) is 5.98. The van der Waals surface area contributed by atoms with Crippen molar-refractivity contribution in [2.45, 2.75) is 25.2 Å². The highest BCUT2D eigenvalue weighted by Gasteiger charge is 2.18. The Bertz CT molecular complexity index is 171. The van der Waals surface area contributed by atoms with Gasteiger partial charge in [0.2, 0.25) is 0 Å². The van der Waals surface area contributed by atoms with Crippen molar-refractivity contribution in [1.29, 1.82) is 0 Å². The first kappa shape index (κ1) is 16.7. The number of aliphatic hydroxyl groups is 1. The normalized spacial score (nSPS) is 13.2. The highest BCUT2D eigenvalue weighted by molar-refractivity contribution is 8.14. The summed E-state index contributed by atoms with van der Waals surface area (Å²) < 4.78 is 0.674. The molecule has 0 amide bonds. The Balaban J connectivity index is 0. The molecule has 86 valence electrons. The zero-order valence-corrected chi connectivity index (χ0v) is 10.9. The van der Waals surface area contributed by atoms with E-state index in [9.17, 15) is 9.90 Å². The summed E-state index contributed by atoms with van der Waals surface area (Å²) in [6.07, 6.45) is 1.40. The second-order valence-corrected chi connectivity index (χ2v) is 5.40. The number of thioether (sulfide) groups is 1. The van der Waals surface area contributed by atoms with E-state index in [2.05, 4.69) is 0 Å². The zero-order chi connectivity index (χ0) is 10.5. The van der Waals surface area contributed by atoms with Gasteiger partial charge in [0.1, 0.15) is 6.54 Å². The number of carbonyl (C=O) groups excluding carboxylic acids is 1. The Morgan fingerprint density at radius 2 is 1.93 bits per heavy atom. The molecule has 0 aliphatic carbocycles. The van der Waals surface area contributed by atoms with Crippen molar-refractivity contribution in [3.8, 4) is 0 Å². The molecule has 0 saturated heterocycles. The molecule has 0 aromatic heterocycles. The summed E-state index contributed by atoms with van der Waals surface area (Å²) >= 11 is 1.05. The Morgan fingerprint density at radius 3 is 2.29 bits per heavy atom. The lowest BCUT2D eigenvalue weighted by atomic mass is 10.4. The standard InChI is InChI=1S/C9H20NO2S.ClH/c1-5-6-8(11)13-9(12)7-10(2,3)4;/h9,12H,5-7H2,1-4H3;1H/q+1;/p-1/t9-;/m0./s1. The minimum Gasteiger partial charge on any atom is -1.00 e. The van der Waals surface area contributed by atoms with Crippen LogP contribution in [0.5, 0.6) is 0 Å². The molecule has 0 radical (unpaired) electrons. The average Bonchev–Trinajstić information content (AvgIpc) is 1.81. The van der Waals surface area contributed by atoms with Gasteiger partial charge in [-0.1, -0.05) is 18.7 Å². The predicted molar refractivity (Wildman–Crippen MR) is 56.4 cm³/mol. The average molecular weight is 242 g/mol. The van der Waals surface area contributed by atoms with Gasteiger partial charge in [0.05, 0.1) is 21.1 Å². The van der Waals surface area contributed by atoms with Gasteiger partial charge < -0.3 is 22.0 Å². The summed E-state index contributed by atoms with van der Waals surface area (Å²) in [4.78, 5) is 11.1. The molecule has 1 N–H and O–H groups in total. The van der Waals surface area contributed by atoms with Crippen LogP contribution in [0.15, 0.2) is 0 Å². The van der Waals surface area contributed by atoms with Crippen LogP contribution >= 0.6 is 11.8 Å². The van der Waals surface area contributed by atoms with Crippen LogP contribution in [0.1, 0.15) is 19.8 Å². The quantitative estimate of drug-likeness (QED) is 0.450. The molecule has 0 aliphatic rings. The molecule has 0 aromatic rings. The monoisotopic (exact) mass is 241 g/mol. The molecular formula is C9H20ClNO2S. The molecule has 0 unspecified atom stereocenters. The van der Waals surface area contributed by atoms with Crippen molar-refractivity contribution in [1.82, 2.24) is 0 Å². The van der Waals surface area contributed by atoms with Crippen LogP contribution in [0.3, 0.4) is 0 Å². The molecule has 0 aliphatic heterocycles. The van der Waals surface area contributed by atoms with E-state index < -0.39 is 5.44 Å². The van der Waals surface area contributed by atoms with Gasteiger partial charge in [-0.05, 0) is 6.42 Å². The fourth-order valence-corrected chi connectivity index (χ4v) is 2.07. The Morgan fingerprint density at radius 1 is 1.43 bits per heavy atom. The topological polar surface area (TPSA) is 37.3 Å². The maximum atomic E-state index is 11.1. The summed E-state index contributed by atoms with van der Waals surface area (Å²) in [5.74, 6) is 0. The second-order valence-electron chi connectivity index (χ2n) is 4.17. The minimum atomic E-state index is -0.570. The molecule has 14 heavy (non-hydrogen) atoms. The first-order valence-corrected chi connectivity index (χ1v) is 5.41. The first-order chi connectivity index (χ1) is 5.85. The van der Waals surface area contributed by atoms with Crippen LogP contribution in [-0.2, 0) is 4.79 Å². The highest BCUT2D eigenvalue weighted by Crippen LogP contribution is 2.14. The van der Waals surface area contributed by atoms with Gasteiger partial charge in [-0.2, -0.15) is 0 Å². The smallest absolute Gasteiger partial charge is 0.191 e. The summed E-state index contributed by atoms with van der Waals surface area (Å²) in [6.45, 7) is 2.56. The van der Waals surface area contributed by atoms with Crippen molar-refractivity contribution < 1.29 is 26.8 Å². The van der Waals surface area contributed by atoms with Crippen LogP contribution in [0, 0.1) is 0 Å². The van der Waals surface area contributed by atoms with Crippen LogP contribution < -0.4 is 12.4 Å². The SMILES string of the molecule is CCCC(=O)S[C@H](O)C[N+](C)(C)C.[Cl-]. The van der Waals surface area contributed by atoms with E-state index in [0.717, 1.165) is 18.2 Å². The van der Waals surface area contributed by atoms with E-state index in [-0.39, 0.29) is 17.5 Å². The number of rotatable bonds is 5. The molecule has 0 rings (SSSR count). The molecule has 0 aromatic carbocycles. The maximum absolute atomic E-state index is 11.1. The van der Waals surface area contributed by atoms with Crippen molar-refractivity contribution in [2.24, 2.45) is 0 Å². The molecule has 1 atom stereocenters. The largest absolute Gasteiger partial charge is 1.00 e. The lowest BCUT2D eigenvalue weighted by molar-refractivity contribution is -0.871. The first-order valence-electron chi connectivity index (χ1n) is 4.53. The number of carbonyl (C=O) groups is 1. The van der Waals surface area contributed by atoms with E-state index in [1.807, 2.05) is 28.1 Å². The fraction of sp³-hybridized carbons (Fsp3) is 0.889. The van der Waals surface area contributed by atoms with Gasteiger partial charge in [0, 0.05) is 6.42 Å². The number of halogens is 1. The number of likely N-dealkylation sites (N-methyl/N-ethyl adjacent to an activating group) is 1. The molecule has 3 nitrogen and oxygen atoms in total. The van der Waals surface area contributed by atoms with E-state index in [0.29, 0.717) is 17.4 Å². The van der Waals surface area contributed by atoms with Gasteiger partial charge in [0.15, 0.2) is 10.6 Å². The number of nitrogens with zero attached hydrogens (tertiary/aromatic N) is 1. The van der Waals surface area contributed by atoms with Gasteiger partial charge in [0.25, 0.3) is 0 Å². The number of quaternary nitrogens is 1. The zero-order valence-electron chi connectivity index (χ0n) is 9.29. The van der Waals surface area contributed by atoms with Gasteiger partial charge in [-0.25, -0.2) is 0 Å². The fourth-order valence-electron chi connectivity index (χ4n) is 0.921. The maximum Gasteiger partial charge on any atom is 0.191 e. The number of hydrogen-bond donors (Lipinski definition) is 1. The Kier molecular flexibility index (Phi) is 8.94. The van der Waals surface area contributed by atoms with E-state index in [1.54, 1.807) is 0 Å². The van der Waals surface area contributed by atoms with Crippen molar-refractivity contribution in [3.05, 3.63) is 0 Å². The van der Waals surface area contributed by atoms with Gasteiger partial charge in [-0.15, -0.1) is 0 Å². The van der Waals surface area contributed by atoms with Gasteiger partial charge >= 0.3 is 0 Å². The molecule has 0 spiro atoms. The van der Waals surface area contributed by atoms with Crippen LogP contribution in [0.2, 0.25) is 0 Å². The summed E-state index contributed by atoms with van der Waals surface area (Å²) in [6, 6.07) is 0. The van der Waals surface area contributed by atoms with Gasteiger partial charge in [-0.3, -0.25) is 4.79 Å². The molecule has 5 heteroatoms. The number of hydrogen-bond acceptors (Lipinski definition) is 3. The summed E-state index contributed by atoms with van der Waals surface area (Å²) in [5, 5.41) is 9.59. The van der Waals surface area contributed by atoms with Crippen LogP contribution in [-0.4, -0.2) is 47.8 Å². The molecule has 0 fully saturated rings. The molecule has 0 bridgehead atoms.